The number of nitrogens with zero attached hydrogens (tertiary/aromatic N) is 2. The topological polar surface area (TPSA) is 94.9 Å². The van der Waals surface area contributed by atoms with Crippen LogP contribution in [0, 0.1) is 13.8 Å². The van der Waals surface area contributed by atoms with Crippen molar-refractivity contribution in [3.63, 3.8) is 0 Å². The normalized spacial score (nSPS) is 14.6. The number of benzene rings is 1. The Balaban J connectivity index is 1.61. The zero-order valence-electron chi connectivity index (χ0n) is 18.8. The van der Waals surface area contributed by atoms with Gasteiger partial charge in [0.05, 0.1) is 10.5 Å². The summed E-state index contributed by atoms with van der Waals surface area (Å²) in [5.74, 6) is -0.949. The SMILES string of the molecule is COCCCn1c(C)cc(C(=O)COC(=O)c2ccc(S(=O)(=O)N3CCCC3)cc2)c1C. The molecule has 0 aliphatic carbocycles. The van der Waals surface area contributed by atoms with Crippen molar-refractivity contribution in [2.45, 2.75) is 44.6 Å². The lowest BCUT2D eigenvalue weighted by Gasteiger charge is -2.15. The number of esters is 1. The minimum absolute atomic E-state index is 0.146. The number of hydrogen-bond donors (Lipinski definition) is 0. The molecule has 8 nitrogen and oxygen atoms in total. The number of methoxy groups -OCH3 is 1. The molecule has 0 spiro atoms. The van der Waals surface area contributed by atoms with Crippen molar-refractivity contribution < 1.29 is 27.5 Å². The van der Waals surface area contributed by atoms with Crippen molar-refractivity contribution in [1.82, 2.24) is 8.87 Å². The van der Waals surface area contributed by atoms with Crippen LogP contribution in [0.1, 0.15) is 51.4 Å². The molecule has 0 N–H and O–H groups in total. The smallest absolute Gasteiger partial charge is 0.338 e. The molecule has 0 atom stereocenters. The fourth-order valence-corrected chi connectivity index (χ4v) is 5.44. The number of aromatic nitrogens is 1. The summed E-state index contributed by atoms with van der Waals surface area (Å²) >= 11 is 0. The molecule has 0 radical (unpaired) electrons. The third-order valence-corrected chi connectivity index (χ3v) is 7.64. The molecule has 0 bridgehead atoms. The Labute approximate surface area is 189 Å². The molecule has 1 aromatic carbocycles. The number of ether oxygens (including phenoxy) is 2. The van der Waals surface area contributed by atoms with Gasteiger partial charge in [-0.05, 0) is 63.4 Å². The van der Waals surface area contributed by atoms with Crippen molar-refractivity contribution in [2.24, 2.45) is 0 Å². The maximum Gasteiger partial charge on any atom is 0.338 e. The van der Waals surface area contributed by atoms with Crippen LogP contribution in [0.4, 0.5) is 0 Å². The van der Waals surface area contributed by atoms with Crippen molar-refractivity contribution >= 4 is 21.8 Å². The zero-order chi connectivity index (χ0) is 23.3. The minimum atomic E-state index is -3.54. The van der Waals surface area contributed by atoms with E-state index in [0.717, 1.165) is 37.2 Å². The Kier molecular flexibility index (Phi) is 7.86. The van der Waals surface area contributed by atoms with E-state index < -0.39 is 16.0 Å². The van der Waals surface area contributed by atoms with Crippen molar-refractivity contribution in [3.05, 3.63) is 52.8 Å². The fourth-order valence-electron chi connectivity index (χ4n) is 3.93. The van der Waals surface area contributed by atoms with Gasteiger partial charge in [0.25, 0.3) is 0 Å². The van der Waals surface area contributed by atoms with Crippen LogP contribution in [-0.2, 0) is 26.0 Å². The van der Waals surface area contributed by atoms with E-state index in [-0.39, 0.29) is 22.8 Å². The summed E-state index contributed by atoms with van der Waals surface area (Å²) in [6, 6.07) is 7.44. The van der Waals surface area contributed by atoms with Gasteiger partial charge in [0, 0.05) is 50.3 Å². The lowest BCUT2D eigenvalue weighted by Crippen LogP contribution is -2.27. The Hall–Kier alpha value is -2.49. The number of ketones is 1. The molecular weight excluding hydrogens is 432 g/mol. The van der Waals surface area contributed by atoms with Crippen LogP contribution in [0.15, 0.2) is 35.2 Å². The van der Waals surface area contributed by atoms with Crippen LogP contribution in [0.2, 0.25) is 0 Å². The number of carbonyl (C=O) groups excluding carboxylic acids is 2. The maximum absolute atomic E-state index is 12.6. The van der Waals surface area contributed by atoms with Gasteiger partial charge in [0.2, 0.25) is 15.8 Å². The van der Waals surface area contributed by atoms with Gasteiger partial charge in [-0.15, -0.1) is 0 Å². The molecule has 1 fully saturated rings. The quantitative estimate of drug-likeness (QED) is 0.306. The predicted octanol–water partition coefficient (Wildman–Crippen LogP) is 2.97. The molecule has 2 heterocycles. The molecule has 0 saturated carbocycles. The third-order valence-electron chi connectivity index (χ3n) is 5.73. The molecule has 1 aliphatic rings. The Morgan fingerprint density at radius 1 is 1.06 bits per heavy atom. The van der Waals surface area contributed by atoms with E-state index in [1.165, 1.54) is 28.6 Å². The highest BCUT2D eigenvalue weighted by atomic mass is 32.2. The summed E-state index contributed by atoms with van der Waals surface area (Å²) in [5, 5.41) is 0. The monoisotopic (exact) mass is 462 g/mol. The molecule has 1 aliphatic heterocycles. The van der Waals surface area contributed by atoms with Gasteiger partial charge in [0.15, 0.2) is 6.61 Å². The summed E-state index contributed by atoms with van der Waals surface area (Å²) in [7, 11) is -1.89. The van der Waals surface area contributed by atoms with Crippen LogP contribution >= 0.6 is 0 Å². The number of hydrogen-bond acceptors (Lipinski definition) is 6. The second-order valence-electron chi connectivity index (χ2n) is 7.92. The van der Waals surface area contributed by atoms with Gasteiger partial charge in [-0.3, -0.25) is 4.79 Å². The third kappa shape index (κ3) is 5.28. The van der Waals surface area contributed by atoms with Gasteiger partial charge in [0.1, 0.15) is 0 Å². The van der Waals surface area contributed by atoms with Crippen LogP contribution in [0.25, 0.3) is 0 Å². The van der Waals surface area contributed by atoms with Gasteiger partial charge in [-0.2, -0.15) is 4.31 Å². The van der Waals surface area contributed by atoms with Crippen LogP contribution in [0.3, 0.4) is 0 Å². The van der Waals surface area contributed by atoms with Crippen molar-refractivity contribution in [2.75, 3.05) is 33.4 Å². The van der Waals surface area contributed by atoms with Gasteiger partial charge in [-0.1, -0.05) is 0 Å². The Bertz CT molecular complexity index is 1070. The van der Waals surface area contributed by atoms with E-state index in [1.54, 1.807) is 13.2 Å². The van der Waals surface area contributed by atoms with Crippen molar-refractivity contribution in [3.8, 4) is 0 Å². The first-order valence-electron chi connectivity index (χ1n) is 10.7. The number of rotatable bonds is 10. The zero-order valence-corrected chi connectivity index (χ0v) is 19.6. The largest absolute Gasteiger partial charge is 0.454 e. The van der Waals surface area contributed by atoms with Crippen LogP contribution < -0.4 is 0 Å². The second kappa shape index (κ2) is 10.4. The first-order chi connectivity index (χ1) is 15.3. The fraction of sp³-hybridized carbons (Fsp3) is 0.478. The highest BCUT2D eigenvalue weighted by molar-refractivity contribution is 7.89. The van der Waals surface area contributed by atoms with Gasteiger partial charge < -0.3 is 14.0 Å². The Morgan fingerprint density at radius 2 is 1.72 bits per heavy atom. The molecule has 3 rings (SSSR count). The van der Waals surface area contributed by atoms with E-state index in [9.17, 15) is 18.0 Å². The minimum Gasteiger partial charge on any atom is -0.454 e. The average Bonchev–Trinajstić information content (AvgIpc) is 3.42. The van der Waals surface area contributed by atoms with Gasteiger partial charge in [-0.25, -0.2) is 13.2 Å². The number of Topliss-reactive ketones (excluding diaryl/α,β-unsaturated/α-hetero) is 1. The lowest BCUT2D eigenvalue weighted by molar-refractivity contribution is 0.0474. The molecule has 1 aromatic heterocycles. The highest BCUT2D eigenvalue weighted by Gasteiger charge is 2.27. The Morgan fingerprint density at radius 3 is 2.34 bits per heavy atom. The molecule has 32 heavy (non-hydrogen) atoms. The maximum atomic E-state index is 12.6. The van der Waals surface area contributed by atoms with Crippen molar-refractivity contribution in [1.29, 1.82) is 0 Å². The van der Waals surface area contributed by atoms with Gasteiger partial charge >= 0.3 is 5.97 Å². The summed E-state index contributed by atoms with van der Waals surface area (Å²) in [4.78, 5) is 25.2. The van der Waals surface area contributed by atoms with Crippen LogP contribution in [-0.4, -0.2) is 62.5 Å². The number of carbonyl (C=O) groups is 2. The van der Waals surface area contributed by atoms with E-state index in [2.05, 4.69) is 0 Å². The van der Waals surface area contributed by atoms with E-state index >= 15 is 0 Å². The van der Waals surface area contributed by atoms with Crippen LogP contribution in [0.5, 0.6) is 0 Å². The summed E-state index contributed by atoms with van der Waals surface area (Å²) in [6.07, 6.45) is 2.54. The first-order valence-corrected chi connectivity index (χ1v) is 12.2. The standard InChI is InChI=1S/C23H30N2O6S/c1-17-15-21(18(2)25(17)13-6-14-30-3)22(26)16-31-23(27)19-7-9-20(10-8-19)32(28,29)24-11-4-5-12-24/h7-10,15H,4-6,11-14,16H2,1-3H3. The molecule has 2 aromatic rings. The lowest BCUT2D eigenvalue weighted by atomic mass is 10.1. The molecule has 1 saturated heterocycles. The second-order valence-corrected chi connectivity index (χ2v) is 9.86. The number of aryl methyl sites for hydroxylation is 1. The summed E-state index contributed by atoms with van der Waals surface area (Å²) in [6.45, 7) is 5.83. The molecule has 174 valence electrons. The molecular formula is C23H30N2O6S. The summed E-state index contributed by atoms with van der Waals surface area (Å²) < 4.78 is 39.0. The average molecular weight is 463 g/mol. The highest BCUT2D eigenvalue weighted by Crippen LogP contribution is 2.21. The van der Waals surface area contributed by atoms with E-state index in [0.29, 0.717) is 25.3 Å². The molecule has 0 unspecified atom stereocenters. The van der Waals surface area contributed by atoms with E-state index in [4.69, 9.17) is 9.47 Å². The molecule has 9 heteroatoms. The summed E-state index contributed by atoms with van der Waals surface area (Å²) in [5.41, 5.74) is 2.52. The first kappa shape index (κ1) is 24.2. The molecule has 0 amide bonds. The predicted molar refractivity (Wildman–Crippen MR) is 119 cm³/mol. The number of sulfonamides is 1. The van der Waals surface area contributed by atoms with E-state index in [1.807, 2.05) is 18.4 Å².